The SMILES string of the molecule is CC(N)Cc1cncn1S(C)(=O)=O. The maximum Gasteiger partial charge on any atom is 0.237 e. The van der Waals surface area contributed by atoms with Crippen molar-refractivity contribution in [3.05, 3.63) is 18.2 Å². The van der Waals surface area contributed by atoms with Gasteiger partial charge in [0.25, 0.3) is 0 Å². The minimum Gasteiger partial charge on any atom is -0.328 e. The predicted molar refractivity (Wildman–Crippen MR) is 49.8 cm³/mol. The van der Waals surface area contributed by atoms with E-state index in [1.807, 2.05) is 6.92 Å². The highest BCUT2D eigenvalue weighted by molar-refractivity contribution is 7.89. The Balaban J connectivity index is 3.04. The molecule has 1 aromatic rings. The third kappa shape index (κ3) is 2.53. The molecule has 13 heavy (non-hydrogen) atoms. The Labute approximate surface area is 77.6 Å². The molecule has 0 saturated heterocycles. The van der Waals surface area contributed by atoms with E-state index in [2.05, 4.69) is 4.98 Å². The van der Waals surface area contributed by atoms with Crippen molar-refractivity contribution in [2.75, 3.05) is 6.26 Å². The van der Waals surface area contributed by atoms with E-state index in [4.69, 9.17) is 5.73 Å². The summed E-state index contributed by atoms with van der Waals surface area (Å²) in [6.45, 7) is 1.82. The van der Waals surface area contributed by atoms with Crippen molar-refractivity contribution in [1.29, 1.82) is 0 Å². The summed E-state index contributed by atoms with van der Waals surface area (Å²) in [4.78, 5) is 3.77. The molecule has 0 fully saturated rings. The van der Waals surface area contributed by atoms with Crippen LogP contribution in [0.1, 0.15) is 12.6 Å². The summed E-state index contributed by atoms with van der Waals surface area (Å²) in [5.41, 5.74) is 6.18. The van der Waals surface area contributed by atoms with Gasteiger partial charge < -0.3 is 5.73 Å². The third-order valence-corrected chi connectivity index (χ3v) is 2.61. The molecule has 1 aromatic heterocycles. The average Bonchev–Trinajstić information content (AvgIpc) is 2.31. The van der Waals surface area contributed by atoms with Crippen LogP contribution in [0.4, 0.5) is 0 Å². The van der Waals surface area contributed by atoms with Gasteiger partial charge in [-0.3, -0.25) is 0 Å². The second-order valence-corrected chi connectivity index (χ2v) is 4.98. The van der Waals surface area contributed by atoms with E-state index < -0.39 is 10.0 Å². The molecule has 1 heterocycles. The van der Waals surface area contributed by atoms with Gasteiger partial charge in [0.1, 0.15) is 6.33 Å². The molecule has 0 aliphatic carbocycles. The topological polar surface area (TPSA) is 78.0 Å². The molecule has 0 radical (unpaired) electrons. The lowest BCUT2D eigenvalue weighted by molar-refractivity contribution is 0.589. The summed E-state index contributed by atoms with van der Waals surface area (Å²) < 4.78 is 23.5. The number of imidazole rings is 1. The van der Waals surface area contributed by atoms with Crippen molar-refractivity contribution in [3.63, 3.8) is 0 Å². The number of hydrogen-bond donors (Lipinski definition) is 1. The zero-order valence-corrected chi connectivity index (χ0v) is 8.45. The van der Waals surface area contributed by atoms with Crippen molar-refractivity contribution in [2.24, 2.45) is 5.73 Å². The first-order chi connectivity index (χ1) is 5.91. The molecule has 0 aromatic carbocycles. The molecule has 74 valence electrons. The van der Waals surface area contributed by atoms with Crippen molar-refractivity contribution < 1.29 is 8.42 Å². The first kappa shape index (κ1) is 10.2. The monoisotopic (exact) mass is 203 g/mol. The van der Waals surface area contributed by atoms with Gasteiger partial charge in [-0.1, -0.05) is 0 Å². The van der Waals surface area contributed by atoms with Crippen LogP contribution in [0, 0.1) is 0 Å². The lowest BCUT2D eigenvalue weighted by atomic mass is 10.2. The van der Waals surface area contributed by atoms with Crippen LogP contribution in [0.5, 0.6) is 0 Å². The highest BCUT2D eigenvalue weighted by Crippen LogP contribution is 2.04. The summed E-state index contributed by atoms with van der Waals surface area (Å²) >= 11 is 0. The van der Waals surface area contributed by atoms with E-state index >= 15 is 0 Å². The number of nitrogens with zero attached hydrogens (tertiary/aromatic N) is 2. The molecule has 5 nitrogen and oxygen atoms in total. The maximum atomic E-state index is 11.2. The first-order valence-electron chi connectivity index (χ1n) is 3.88. The van der Waals surface area contributed by atoms with Crippen LogP contribution in [-0.4, -0.2) is 29.7 Å². The smallest absolute Gasteiger partial charge is 0.237 e. The Bertz CT molecular complexity index is 380. The zero-order valence-electron chi connectivity index (χ0n) is 7.64. The van der Waals surface area contributed by atoms with Gasteiger partial charge in [0.15, 0.2) is 0 Å². The number of aromatic nitrogens is 2. The van der Waals surface area contributed by atoms with Gasteiger partial charge in [-0.05, 0) is 6.92 Å². The van der Waals surface area contributed by atoms with Crippen molar-refractivity contribution in [2.45, 2.75) is 19.4 Å². The van der Waals surface area contributed by atoms with E-state index in [1.54, 1.807) is 0 Å². The normalized spacial score (nSPS) is 14.4. The number of nitrogens with two attached hydrogens (primary N) is 1. The Morgan fingerprint density at radius 2 is 2.31 bits per heavy atom. The van der Waals surface area contributed by atoms with Crippen molar-refractivity contribution in [1.82, 2.24) is 8.96 Å². The van der Waals surface area contributed by atoms with Crippen LogP contribution in [0.15, 0.2) is 12.5 Å². The Morgan fingerprint density at radius 1 is 1.69 bits per heavy atom. The molecule has 1 atom stereocenters. The molecule has 2 N–H and O–H groups in total. The Hall–Kier alpha value is -0.880. The highest BCUT2D eigenvalue weighted by atomic mass is 32.2. The van der Waals surface area contributed by atoms with E-state index in [9.17, 15) is 8.42 Å². The second kappa shape index (κ2) is 3.47. The number of hydrogen-bond acceptors (Lipinski definition) is 4. The molecule has 1 unspecified atom stereocenters. The fourth-order valence-electron chi connectivity index (χ4n) is 1.08. The molecular weight excluding hydrogens is 190 g/mol. The van der Waals surface area contributed by atoms with Crippen LogP contribution in [-0.2, 0) is 16.4 Å². The molecule has 0 bridgehead atoms. The van der Waals surface area contributed by atoms with Crippen LogP contribution >= 0.6 is 0 Å². The Morgan fingerprint density at radius 3 is 2.77 bits per heavy atom. The molecular formula is C7H13N3O2S. The number of rotatable bonds is 3. The average molecular weight is 203 g/mol. The molecule has 0 saturated carbocycles. The summed E-state index contributed by atoms with van der Waals surface area (Å²) in [6, 6.07) is -0.0720. The molecule has 0 aliphatic heterocycles. The highest BCUT2D eigenvalue weighted by Gasteiger charge is 2.11. The molecule has 6 heteroatoms. The van der Waals surface area contributed by atoms with Crippen LogP contribution in [0.2, 0.25) is 0 Å². The summed E-state index contributed by atoms with van der Waals surface area (Å²) in [7, 11) is -3.24. The summed E-state index contributed by atoms with van der Waals surface area (Å²) in [6.07, 6.45) is 4.45. The molecule has 1 rings (SSSR count). The second-order valence-electron chi connectivity index (χ2n) is 3.13. The van der Waals surface area contributed by atoms with Gasteiger partial charge in [0, 0.05) is 18.7 Å². The molecule has 0 amide bonds. The van der Waals surface area contributed by atoms with Gasteiger partial charge in [-0.15, -0.1) is 0 Å². The van der Waals surface area contributed by atoms with Gasteiger partial charge in [-0.25, -0.2) is 17.4 Å². The summed E-state index contributed by atoms with van der Waals surface area (Å²) in [5.74, 6) is 0. The van der Waals surface area contributed by atoms with Crippen LogP contribution in [0.25, 0.3) is 0 Å². The van der Waals surface area contributed by atoms with Crippen LogP contribution < -0.4 is 5.73 Å². The minimum absolute atomic E-state index is 0.0720. The maximum absolute atomic E-state index is 11.2. The van der Waals surface area contributed by atoms with Gasteiger partial charge >= 0.3 is 0 Å². The lowest BCUT2D eigenvalue weighted by Crippen LogP contribution is -2.21. The lowest BCUT2D eigenvalue weighted by Gasteiger charge is -2.07. The minimum atomic E-state index is -3.24. The predicted octanol–water partition coefficient (Wildman–Crippen LogP) is -0.419. The zero-order chi connectivity index (χ0) is 10.1. The van der Waals surface area contributed by atoms with Gasteiger partial charge in [0.05, 0.1) is 11.9 Å². The van der Waals surface area contributed by atoms with E-state index in [1.165, 1.54) is 12.5 Å². The van der Waals surface area contributed by atoms with Gasteiger partial charge in [0.2, 0.25) is 10.0 Å². The standard InChI is InChI=1S/C7H13N3O2S/c1-6(8)3-7-4-9-5-10(7)13(2,11)12/h4-6H,3,8H2,1-2H3. The fraction of sp³-hybridized carbons (Fsp3) is 0.571. The van der Waals surface area contributed by atoms with Crippen molar-refractivity contribution in [3.8, 4) is 0 Å². The quantitative estimate of drug-likeness (QED) is 0.723. The third-order valence-electron chi connectivity index (χ3n) is 1.57. The van der Waals surface area contributed by atoms with Crippen LogP contribution in [0.3, 0.4) is 0 Å². The largest absolute Gasteiger partial charge is 0.328 e. The fourth-order valence-corrected chi connectivity index (χ4v) is 1.86. The molecule has 0 spiro atoms. The first-order valence-corrected chi connectivity index (χ1v) is 5.73. The molecule has 0 aliphatic rings. The van der Waals surface area contributed by atoms with E-state index in [-0.39, 0.29) is 6.04 Å². The Kier molecular flexibility index (Phi) is 2.72. The van der Waals surface area contributed by atoms with E-state index in [0.29, 0.717) is 12.1 Å². The summed E-state index contributed by atoms with van der Waals surface area (Å²) in [5, 5.41) is 0. The van der Waals surface area contributed by atoms with E-state index in [0.717, 1.165) is 10.2 Å². The van der Waals surface area contributed by atoms with Crippen molar-refractivity contribution >= 4 is 10.0 Å². The van der Waals surface area contributed by atoms with Gasteiger partial charge in [-0.2, -0.15) is 0 Å².